The maximum atomic E-state index is 5.47. The number of ether oxygens (including phenoxy) is 1. The molecule has 0 aliphatic carbocycles. The first-order chi connectivity index (χ1) is 10.8. The predicted molar refractivity (Wildman–Crippen MR) is 87.7 cm³/mol. The van der Waals surface area contributed by atoms with E-state index in [1.807, 2.05) is 6.20 Å². The maximum Gasteiger partial charge on any atom is 0.105 e. The summed E-state index contributed by atoms with van der Waals surface area (Å²) in [7, 11) is 0. The van der Waals surface area contributed by atoms with Crippen LogP contribution in [0.2, 0.25) is 0 Å². The lowest BCUT2D eigenvalue weighted by Gasteiger charge is -2.29. The van der Waals surface area contributed by atoms with E-state index in [1.165, 1.54) is 5.56 Å². The van der Waals surface area contributed by atoms with Crippen molar-refractivity contribution < 1.29 is 4.74 Å². The lowest BCUT2D eigenvalue weighted by molar-refractivity contribution is 0.0743. The average molecular weight is 299 g/mol. The highest BCUT2D eigenvalue weighted by molar-refractivity contribution is 5.19. The number of rotatable bonds is 6. The molecule has 0 spiro atoms. The Hall–Kier alpha value is -1.65. The highest BCUT2D eigenvalue weighted by Crippen LogP contribution is 2.21. The van der Waals surface area contributed by atoms with E-state index in [9.17, 15) is 0 Å². The number of hydrogen-bond donors (Lipinski definition) is 1. The monoisotopic (exact) mass is 299 g/mol. The molecule has 0 amide bonds. The highest BCUT2D eigenvalue weighted by atomic mass is 16.5. The van der Waals surface area contributed by atoms with Crippen LogP contribution in [0.15, 0.2) is 42.7 Å². The van der Waals surface area contributed by atoms with Gasteiger partial charge in [-0.1, -0.05) is 30.3 Å². The summed E-state index contributed by atoms with van der Waals surface area (Å²) in [5.74, 6) is 1.08. The molecule has 1 atom stereocenters. The SMILES string of the molecule is Cc1nccn1CCC(NC1CCOCC1)c1ccccc1. The lowest BCUT2D eigenvalue weighted by atomic mass is 10.0. The van der Waals surface area contributed by atoms with Crippen molar-refractivity contribution in [2.75, 3.05) is 13.2 Å². The van der Waals surface area contributed by atoms with Gasteiger partial charge in [0.15, 0.2) is 0 Å². The van der Waals surface area contributed by atoms with Gasteiger partial charge in [-0.15, -0.1) is 0 Å². The summed E-state index contributed by atoms with van der Waals surface area (Å²) < 4.78 is 7.69. The molecular formula is C18H25N3O. The smallest absolute Gasteiger partial charge is 0.105 e. The standard InChI is InChI=1S/C18H25N3O/c1-15-19-10-12-21(15)11-7-18(16-5-3-2-4-6-16)20-17-8-13-22-14-9-17/h2-6,10,12,17-18,20H,7-9,11,13-14H2,1H3. The number of aromatic nitrogens is 2. The third-order valence-corrected chi connectivity index (χ3v) is 4.44. The van der Waals surface area contributed by atoms with E-state index in [1.54, 1.807) is 0 Å². The molecule has 2 aromatic rings. The number of nitrogens with zero attached hydrogens (tertiary/aromatic N) is 2. The molecule has 1 N–H and O–H groups in total. The summed E-state index contributed by atoms with van der Waals surface area (Å²) in [6, 6.07) is 11.7. The maximum absolute atomic E-state index is 5.47. The van der Waals surface area contributed by atoms with Gasteiger partial charge >= 0.3 is 0 Å². The molecular weight excluding hydrogens is 274 g/mol. The van der Waals surface area contributed by atoms with E-state index in [2.05, 4.69) is 58.3 Å². The Morgan fingerprint density at radius 2 is 2.05 bits per heavy atom. The van der Waals surface area contributed by atoms with Crippen molar-refractivity contribution in [1.82, 2.24) is 14.9 Å². The van der Waals surface area contributed by atoms with Crippen molar-refractivity contribution in [3.05, 3.63) is 54.1 Å². The number of imidazole rings is 1. The minimum absolute atomic E-state index is 0.381. The average Bonchev–Trinajstić information content (AvgIpc) is 2.98. The lowest BCUT2D eigenvalue weighted by Crippen LogP contribution is -2.37. The molecule has 1 aromatic carbocycles. The summed E-state index contributed by atoms with van der Waals surface area (Å²) in [5.41, 5.74) is 1.37. The molecule has 2 heterocycles. The van der Waals surface area contributed by atoms with Crippen molar-refractivity contribution in [2.45, 2.75) is 44.8 Å². The molecule has 4 nitrogen and oxygen atoms in total. The predicted octanol–water partition coefficient (Wildman–Crippen LogP) is 3.09. The quantitative estimate of drug-likeness (QED) is 0.891. The van der Waals surface area contributed by atoms with Crippen LogP contribution in [-0.4, -0.2) is 28.8 Å². The largest absolute Gasteiger partial charge is 0.381 e. The van der Waals surface area contributed by atoms with Crippen LogP contribution in [0.1, 0.15) is 36.7 Å². The van der Waals surface area contributed by atoms with Gasteiger partial charge in [0.2, 0.25) is 0 Å². The summed E-state index contributed by atoms with van der Waals surface area (Å²) in [4.78, 5) is 4.31. The minimum atomic E-state index is 0.381. The van der Waals surface area contributed by atoms with Crippen LogP contribution < -0.4 is 5.32 Å². The van der Waals surface area contributed by atoms with Crippen LogP contribution in [0.3, 0.4) is 0 Å². The third kappa shape index (κ3) is 3.96. The first-order valence-electron chi connectivity index (χ1n) is 8.19. The zero-order valence-electron chi connectivity index (χ0n) is 13.2. The number of hydrogen-bond acceptors (Lipinski definition) is 3. The summed E-state index contributed by atoms with van der Waals surface area (Å²) >= 11 is 0. The van der Waals surface area contributed by atoms with Crippen molar-refractivity contribution in [3.8, 4) is 0 Å². The van der Waals surface area contributed by atoms with E-state index in [0.29, 0.717) is 12.1 Å². The van der Waals surface area contributed by atoms with Gasteiger partial charge in [-0.2, -0.15) is 0 Å². The van der Waals surface area contributed by atoms with E-state index in [0.717, 1.165) is 44.8 Å². The van der Waals surface area contributed by atoms with Crippen molar-refractivity contribution in [3.63, 3.8) is 0 Å². The molecule has 0 radical (unpaired) electrons. The van der Waals surface area contributed by atoms with Crippen molar-refractivity contribution in [2.24, 2.45) is 0 Å². The first kappa shape index (κ1) is 15.3. The van der Waals surface area contributed by atoms with E-state index < -0.39 is 0 Å². The Bertz CT molecular complexity index is 561. The molecule has 0 bridgehead atoms. The zero-order chi connectivity index (χ0) is 15.2. The molecule has 4 heteroatoms. The fourth-order valence-corrected chi connectivity index (χ4v) is 3.09. The normalized spacial score (nSPS) is 17.5. The van der Waals surface area contributed by atoms with Gasteiger partial charge in [-0.05, 0) is 31.7 Å². The van der Waals surface area contributed by atoms with Crippen LogP contribution >= 0.6 is 0 Å². The summed E-state index contributed by atoms with van der Waals surface area (Å²) in [6.07, 6.45) is 7.21. The van der Waals surface area contributed by atoms with Gasteiger partial charge in [0.05, 0.1) is 0 Å². The van der Waals surface area contributed by atoms with Crippen molar-refractivity contribution >= 4 is 0 Å². The molecule has 118 valence electrons. The van der Waals surface area contributed by atoms with Crippen LogP contribution in [0, 0.1) is 6.92 Å². The van der Waals surface area contributed by atoms with E-state index >= 15 is 0 Å². The van der Waals surface area contributed by atoms with Gasteiger partial charge < -0.3 is 14.6 Å². The Balaban J connectivity index is 1.67. The van der Waals surface area contributed by atoms with Crippen molar-refractivity contribution in [1.29, 1.82) is 0 Å². The van der Waals surface area contributed by atoms with Gasteiger partial charge in [0.25, 0.3) is 0 Å². The molecule has 1 aliphatic heterocycles. The van der Waals surface area contributed by atoms with Gasteiger partial charge in [-0.25, -0.2) is 4.98 Å². The molecule has 1 unspecified atom stereocenters. The summed E-state index contributed by atoms with van der Waals surface area (Å²) in [5, 5.41) is 3.84. The Morgan fingerprint density at radius 1 is 1.27 bits per heavy atom. The first-order valence-corrected chi connectivity index (χ1v) is 8.19. The van der Waals surface area contributed by atoms with Crippen LogP contribution in [0.25, 0.3) is 0 Å². The Morgan fingerprint density at radius 3 is 2.73 bits per heavy atom. The van der Waals surface area contributed by atoms with Gasteiger partial charge in [0, 0.05) is 44.2 Å². The number of aryl methyl sites for hydroxylation is 2. The van der Waals surface area contributed by atoms with Crippen LogP contribution in [-0.2, 0) is 11.3 Å². The molecule has 1 fully saturated rings. The minimum Gasteiger partial charge on any atom is -0.381 e. The summed E-state index contributed by atoms with van der Waals surface area (Å²) in [6.45, 7) is 4.80. The Labute approximate surface area is 132 Å². The van der Waals surface area contributed by atoms with Crippen LogP contribution in [0.5, 0.6) is 0 Å². The molecule has 1 aromatic heterocycles. The second-order valence-corrected chi connectivity index (χ2v) is 5.97. The van der Waals surface area contributed by atoms with E-state index in [-0.39, 0.29) is 0 Å². The molecule has 22 heavy (non-hydrogen) atoms. The molecule has 0 saturated carbocycles. The third-order valence-electron chi connectivity index (χ3n) is 4.44. The number of benzene rings is 1. The fraction of sp³-hybridized carbons (Fsp3) is 0.500. The molecule has 1 aliphatic rings. The van der Waals surface area contributed by atoms with E-state index in [4.69, 9.17) is 4.74 Å². The van der Waals surface area contributed by atoms with Gasteiger partial charge in [-0.3, -0.25) is 0 Å². The number of nitrogens with one attached hydrogen (secondary N) is 1. The Kier molecular flexibility index (Phi) is 5.24. The molecule has 1 saturated heterocycles. The second kappa shape index (κ2) is 7.56. The van der Waals surface area contributed by atoms with Gasteiger partial charge in [0.1, 0.15) is 5.82 Å². The van der Waals surface area contributed by atoms with Crippen LogP contribution in [0.4, 0.5) is 0 Å². The zero-order valence-corrected chi connectivity index (χ0v) is 13.2. The topological polar surface area (TPSA) is 39.1 Å². The fourth-order valence-electron chi connectivity index (χ4n) is 3.09. The second-order valence-electron chi connectivity index (χ2n) is 5.97. The highest BCUT2D eigenvalue weighted by Gasteiger charge is 2.19. The molecule has 3 rings (SSSR count).